The highest BCUT2D eigenvalue weighted by Crippen LogP contribution is 2.07. The average molecular weight is 249 g/mol. The maximum absolute atomic E-state index is 12.0. The van der Waals surface area contributed by atoms with Gasteiger partial charge in [-0.25, -0.2) is 0 Å². The fraction of sp³-hybridized carbons (Fsp3) is 0.417. The van der Waals surface area contributed by atoms with Gasteiger partial charge in [-0.05, 0) is 25.5 Å². The third-order valence-corrected chi connectivity index (χ3v) is 2.95. The van der Waals surface area contributed by atoms with Gasteiger partial charge >= 0.3 is 0 Å². The number of carbonyl (C=O) groups excluding carboxylic acids is 3. The first-order chi connectivity index (χ1) is 8.61. The maximum atomic E-state index is 12.0. The summed E-state index contributed by atoms with van der Waals surface area (Å²) in [6, 6.07) is 2.85. The van der Waals surface area contributed by atoms with E-state index >= 15 is 0 Å². The number of imide groups is 1. The molecule has 2 N–H and O–H groups in total. The van der Waals surface area contributed by atoms with Crippen molar-refractivity contribution in [3.8, 4) is 0 Å². The molecule has 0 bridgehead atoms. The molecular formula is C12H15N3O3. The van der Waals surface area contributed by atoms with E-state index in [-0.39, 0.29) is 18.2 Å². The van der Waals surface area contributed by atoms with Gasteiger partial charge in [0.1, 0.15) is 11.7 Å². The molecule has 1 saturated heterocycles. The van der Waals surface area contributed by atoms with Gasteiger partial charge in [-0.2, -0.15) is 0 Å². The Balaban J connectivity index is 2.03. The lowest BCUT2D eigenvalue weighted by molar-refractivity contribution is -0.134. The Bertz CT molecular complexity index is 493. The van der Waals surface area contributed by atoms with Crippen LogP contribution in [-0.2, 0) is 16.1 Å². The molecule has 0 aliphatic carbocycles. The molecule has 1 unspecified atom stereocenters. The highest BCUT2D eigenvalue weighted by molar-refractivity contribution is 6.03. The summed E-state index contributed by atoms with van der Waals surface area (Å²) in [4.78, 5) is 34.5. The quantitative estimate of drug-likeness (QED) is 0.742. The largest absolute Gasteiger partial charge is 0.344 e. The first-order valence-electron chi connectivity index (χ1n) is 5.91. The minimum absolute atomic E-state index is 0.255. The van der Waals surface area contributed by atoms with Crippen LogP contribution in [0.4, 0.5) is 0 Å². The van der Waals surface area contributed by atoms with Crippen molar-refractivity contribution >= 4 is 17.7 Å². The van der Waals surface area contributed by atoms with E-state index in [4.69, 9.17) is 0 Å². The standard InChI is InChI=1S/C12H15N3O3/c1-2-15-7-3-4-9(15)12(18)13-8-5-6-10(16)14-11(8)17/h3-4,7-8H,2,5-6H2,1H3,(H,13,18)(H,14,16,17). The SMILES string of the molecule is CCn1cccc1C(=O)NC1CCC(=O)NC1=O. The normalized spacial score (nSPS) is 19.5. The van der Waals surface area contributed by atoms with Crippen molar-refractivity contribution in [2.75, 3.05) is 0 Å². The second-order valence-corrected chi connectivity index (χ2v) is 4.16. The molecule has 1 atom stereocenters. The average Bonchev–Trinajstić information content (AvgIpc) is 2.81. The smallest absolute Gasteiger partial charge is 0.268 e. The van der Waals surface area contributed by atoms with Gasteiger partial charge in [0.25, 0.3) is 5.91 Å². The molecule has 0 aromatic carbocycles. The lowest BCUT2D eigenvalue weighted by Crippen LogP contribution is -2.52. The summed E-state index contributed by atoms with van der Waals surface area (Å²) in [5.41, 5.74) is 0.516. The summed E-state index contributed by atoms with van der Waals surface area (Å²) >= 11 is 0. The fourth-order valence-corrected chi connectivity index (χ4v) is 1.96. The van der Waals surface area contributed by atoms with E-state index in [1.165, 1.54) is 0 Å². The Morgan fingerprint density at radius 2 is 2.33 bits per heavy atom. The molecule has 18 heavy (non-hydrogen) atoms. The van der Waals surface area contributed by atoms with Crippen LogP contribution in [0.3, 0.4) is 0 Å². The highest BCUT2D eigenvalue weighted by atomic mass is 16.2. The first-order valence-corrected chi connectivity index (χ1v) is 5.91. The van der Waals surface area contributed by atoms with Crippen LogP contribution < -0.4 is 10.6 Å². The van der Waals surface area contributed by atoms with Gasteiger partial charge in [-0.3, -0.25) is 19.7 Å². The number of nitrogens with one attached hydrogen (secondary N) is 2. The number of aryl methyl sites for hydroxylation is 1. The molecule has 0 saturated carbocycles. The van der Waals surface area contributed by atoms with Crippen molar-refractivity contribution in [1.82, 2.24) is 15.2 Å². The van der Waals surface area contributed by atoms with E-state index in [0.717, 1.165) is 0 Å². The van der Waals surface area contributed by atoms with Gasteiger partial charge in [0.2, 0.25) is 11.8 Å². The molecule has 1 aliphatic heterocycles. The molecule has 3 amide bonds. The molecule has 1 aromatic heterocycles. The number of aromatic nitrogens is 1. The summed E-state index contributed by atoms with van der Waals surface area (Å²) in [6.07, 6.45) is 2.41. The van der Waals surface area contributed by atoms with Gasteiger partial charge in [-0.15, -0.1) is 0 Å². The molecule has 0 spiro atoms. The molecule has 1 aliphatic rings. The molecule has 6 nitrogen and oxygen atoms in total. The minimum atomic E-state index is -0.629. The number of amides is 3. The van der Waals surface area contributed by atoms with Crippen molar-refractivity contribution in [2.45, 2.75) is 32.4 Å². The van der Waals surface area contributed by atoms with Crippen LogP contribution in [0.15, 0.2) is 18.3 Å². The molecule has 2 rings (SSSR count). The number of hydrogen-bond donors (Lipinski definition) is 2. The summed E-state index contributed by atoms with van der Waals surface area (Å²) in [5, 5.41) is 4.85. The second kappa shape index (κ2) is 5.03. The molecule has 2 heterocycles. The first kappa shape index (κ1) is 12.3. The Hall–Kier alpha value is -2.11. The van der Waals surface area contributed by atoms with E-state index in [1.54, 1.807) is 22.9 Å². The zero-order valence-electron chi connectivity index (χ0n) is 10.1. The third kappa shape index (κ3) is 2.42. The lowest BCUT2D eigenvalue weighted by Gasteiger charge is -2.21. The van der Waals surface area contributed by atoms with Gasteiger partial charge in [-0.1, -0.05) is 0 Å². The van der Waals surface area contributed by atoms with Crippen molar-refractivity contribution in [3.05, 3.63) is 24.0 Å². The predicted octanol–water partition coefficient (Wildman–Crippen LogP) is 0.0430. The summed E-state index contributed by atoms with van der Waals surface area (Å²) in [5.74, 6) is -1.02. The molecule has 0 radical (unpaired) electrons. The number of hydrogen-bond acceptors (Lipinski definition) is 3. The highest BCUT2D eigenvalue weighted by Gasteiger charge is 2.28. The van der Waals surface area contributed by atoms with Crippen LogP contribution in [0, 0.1) is 0 Å². The van der Waals surface area contributed by atoms with E-state index in [1.807, 2.05) is 6.92 Å². The Labute approximate surface area is 104 Å². The summed E-state index contributed by atoms with van der Waals surface area (Å²) in [6.45, 7) is 2.62. The lowest BCUT2D eigenvalue weighted by atomic mass is 10.1. The van der Waals surface area contributed by atoms with E-state index in [2.05, 4.69) is 10.6 Å². The van der Waals surface area contributed by atoms with Crippen molar-refractivity contribution < 1.29 is 14.4 Å². The zero-order chi connectivity index (χ0) is 13.1. The van der Waals surface area contributed by atoms with Crippen LogP contribution in [0.25, 0.3) is 0 Å². The zero-order valence-corrected chi connectivity index (χ0v) is 10.1. The maximum Gasteiger partial charge on any atom is 0.268 e. The minimum Gasteiger partial charge on any atom is -0.344 e. The van der Waals surface area contributed by atoms with Crippen molar-refractivity contribution in [3.63, 3.8) is 0 Å². The van der Waals surface area contributed by atoms with E-state index in [9.17, 15) is 14.4 Å². The number of nitrogens with zero attached hydrogens (tertiary/aromatic N) is 1. The van der Waals surface area contributed by atoms with Crippen LogP contribution >= 0.6 is 0 Å². The number of carbonyl (C=O) groups is 3. The van der Waals surface area contributed by atoms with Crippen LogP contribution in [0.2, 0.25) is 0 Å². The predicted molar refractivity (Wildman–Crippen MR) is 63.7 cm³/mol. The molecule has 6 heteroatoms. The van der Waals surface area contributed by atoms with Gasteiger partial charge in [0.15, 0.2) is 0 Å². The molecule has 96 valence electrons. The van der Waals surface area contributed by atoms with Crippen molar-refractivity contribution in [2.24, 2.45) is 0 Å². The van der Waals surface area contributed by atoms with Crippen molar-refractivity contribution in [1.29, 1.82) is 0 Å². The van der Waals surface area contributed by atoms with E-state index < -0.39 is 11.9 Å². The Morgan fingerprint density at radius 3 is 3.00 bits per heavy atom. The van der Waals surface area contributed by atoms with Crippen LogP contribution in [0.5, 0.6) is 0 Å². The molecule has 1 fully saturated rings. The molecule has 1 aromatic rings. The Kier molecular flexibility index (Phi) is 3.45. The summed E-state index contributed by atoms with van der Waals surface area (Å²) in [7, 11) is 0. The fourth-order valence-electron chi connectivity index (χ4n) is 1.96. The number of piperidine rings is 1. The summed E-state index contributed by atoms with van der Waals surface area (Å²) < 4.78 is 1.79. The van der Waals surface area contributed by atoms with E-state index in [0.29, 0.717) is 18.7 Å². The van der Waals surface area contributed by atoms with Gasteiger partial charge in [0.05, 0.1) is 0 Å². The Morgan fingerprint density at radius 1 is 1.56 bits per heavy atom. The third-order valence-electron chi connectivity index (χ3n) is 2.95. The molecular weight excluding hydrogens is 234 g/mol. The van der Waals surface area contributed by atoms with Gasteiger partial charge in [0, 0.05) is 19.2 Å². The van der Waals surface area contributed by atoms with Crippen LogP contribution in [-0.4, -0.2) is 28.3 Å². The monoisotopic (exact) mass is 249 g/mol. The van der Waals surface area contributed by atoms with Crippen LogP contribution in [0.1, 0.15) is 30.3 Å². The van der Waals surface area contributed by atoms with Gasteiger partial charge < -0.3 is 9.88 Å². The second-order valence-electron chi connectivity index (χ2n) is 4.16. The number of rotatable bonds is 3. The topological polar surface area (TPSA) is 80.2 Å².